The highest BCUT2D eigenvalue weighted by atomic mass is 35.5. The first-order valence-corrected chi connectivity index (χ1v) is 9.82. The molecule has 0 spiro atoms. The molecule has 0 aromatic heterocycles. The van der Waals surface area contributed by atoms with E-state index in [4.69, 9.17) is 11.6 Å². The van der Waals surface area contributed by atoms with E-state index in [1.165, 1.54) is 18.2 Å². The van der Waals surface area contributed by atoms with Crippen LogP contribution in [-0.2, 0) is 14.8 Å². The zero-order chi connectivity index (χ0) is 18.2. The van der Waals surface area contributed by atoms with Crippen LogP contribution in [0.3, 0.4) is 0 Å². The first kappa shape index (κ1) is 17.8. The van der Waals surface area contributed by atoms with Crippen molar-refractivity contribution in [3.63, 3.8) is 0 Å². The fourth-order valence-electron chi connectivity index (χ4n) is 2.58. The van der Waals surface area contributed by atoms with Crippen LogP contribution in [0.4, 0.5) is 11.4 Å². The minimum atomic E-state index is -3.78. The number of carbonyl (C=O) groups is 1. The van der Waals surface area contributed by atoms with Crippen LogP contribution in [0.1, 0.15) is 18.9 Å². The Hall–Kier alpha value is -2.05. The predicted octanol–water partition coefficient (Wildman–Crippen LogP) is 4.04. The number of nitrogens with one attached hydrogen (secondary N) is 2. The van der Waals surface area contributed by atoms with Crippen LogP contribution in [-0.4, -0.2) is 14.3 Å². The van der Waals surface area contributed by atoms with Gasteiger partial charge in [-0.25, -0.2) is 8.42 Å². The molecule has 0 aliphatic heterocycles. The van der Waals surface area contributed by atoms with Gasteiger partial charge in [0, 0.05) is 16.6 Å². The molecule has 1 fully saturated rings. The molecule has 0 heterocycles. The monoisotopic (exact) mass is 378 g/mol. The van der Waals surface area contributed by atoms with E-state index in [1.54, 1.807) is 24.3 Å². The van der Waals surface area contributed by atoms with Crippen LogP contribution < -0.4 is 10.0 Å². The molecular weight excluding hydrogens is 360 g/mol. The summed E-state index contributed by atoms with van der Waals surface area (Å²) in [4.78, 5) is 12.2. The first-order valence-electron chi connectivity index (χ1n) is 7.96. The average Bonchev–Trinajstić information content (AvgIpc) is 3.26. The Morgan fingerprint density at radius 3 is 2.56 bits per heavy atom. The van der Waals surface area contributed by atoms with Gasteiger partial charge in [0.05, 0.1) is 10.6 Å². The number of sulfonamides is 1. The highest BCUT2D eigenvalue weighted by Crippen LogP contribution is 2.38. The molecule has 132 valence electrons. The molecular formula is C18H19ClN2O3S. The fourth-order valence-corrected chi connectivity index (χ4v) is 3.85. The zero-order valence-corrected chi connectivity index (χ0v) is 15.5. The van der Waals surface area contributed by atoms with Crippen molar-refractivity contribution in [2.24, 2.45) is 11.8 Å². The number of amides is 1. The summed E-state index contributed by atoms with van der Waals surface area (Å²) in [5, 5.41) is 3.28. The molecule has 0 radical (unpaired) electrons. The largest absolute Gasteiger partial charge is 0.326 e. The minimum absolute atomic E-state index is 0.0178. The topological polar surface area (TPSA) is 75.3 Å². The SMILES string of the molecule is Cc1ccc(S(=O)(=O)Nc2cccc(Cl)c2)cc1NC(=O)[C@H]1C[C@@H]1C. The van der Waals surface area contributed by atoms with Gasteiger partial charge in [-0.1, -0.05) is 30.7 Å². The fraction of sp³-hybridized carbons (Fsp3) is 0.278. The van der Waals surface area contributed by atoms with Gasteiger partial charge in [-0.3, -0.25) is 9.52 Å². The van der Waals surface area contributed by atoms with E-state index >= 15 is 0 Å². The Labute approximate surface area is 152 Å². The molecule has 1 aliphatic carbocycles. The van der Waals surface area contributed by atoms with Gasteiger partial charge in [-0.05, 0) is 55.2 Å². The summed E-state index contributed by atoms with van der Waals surface area (Å²) in [6.07, 6.45) is 0.874. The lowest BCUT2D eigenvalue weighted by molar-refractivity contribution is -0.117. The maximum atomic E-state index is 12.6. The van der Waals surface area contributed by atoms with E-state index in [2.05, 4.69) is 10.0 Å². The number of halogens is 1. The van der Waals surface area contributed by atoms with Crippen LogP contribution in [0.2, 0.25) is 5.02 Å². The first-order chi connectivity index (χ1) is 11.8. The predicted molar refractivity (Wildman–Crippen MR) is 99.3 cm³/mol. The highest BCUT2D eigenvalue weighted by Gasteiger charge is 2.39. The number of hydrogen-bond acceptors (Lipinski definition) is 3. The van der Waals surface area contributed by atoms with E-state index in [1.807, 2.05) is 13.8 Å². The number of rotatable bonds is 5. The maximum Gasteiger partial charge on any atom is 0.261 e. The quantitative estimate of drug-likeness (QED) is 0.824. The number of anilines is 2. The summed E-state index contributed by atoms with van der Waals surface area (Å²) in [5.41, 5.74) is 1.70. The van der Waals surface area contributed by atoms with Crippen molar-refractivity contribution in [1.82, 2.24) is 0 Å². The van der Waals surface area contributed by atoms with Gasteiger partial charge in [-0.2, -0.15) is 0 Å². The van der Waals surface area contributed by atoms with Gasteiger partial charge in [0.1, 0.15) is 0 Å². The standard InChI is InChI=1S/C18H19ClN2O3S/c1-11-6-7-15(10-17(11)20-18(22)16-8-12(16)2)25(23,24)21-14-5-3-4-13(19)9-14/h3-7,9-10,12,16,21H,8H2,1-2H3,(H,20,22)/t12-,16-/m0/s1. The Morgan fingerprint density at radius 1 is 1.20 bits per heavy atom. The molecule has 2 aromatic rings. The number of hydrogen-bond donors (Lipinski definition) is 2. The summed E-state index contributed by atoms with van der Waals surface area (Å²) in [5.74, 6) is 0.342. The normalized spacial score (nSPS) is 19.3. The van der Waals surface area contributed by atoms with Gasteiger partial charge in [0.2, 0.25) is 5.91 Å². The third-order valence-electron chi connectivity index (χ3n) is 4.30. The van der Waals surface area contributed by atoms with Crippen molar-refractivity contribution in [1.29, 1.82) is 0 Å². The van der Waals surface area contributed by atoms with E-state index in [0.717, 1.165) is 12.0 Å². The molecule has 7 heteroatoms. The van der Waals surface area contributed by atoms with Crippen molar-refractivity contribution in [3.05, 3.63) is 53.1 Å². The summed E-state index contributed by atoms with van der Waals surface area (Å²) in [6.45, 7) is 3.85. The van der Waals surface area contributed by atoms with Gasteiger partial charge < -0.3 is 5.32 Å². The van der Waals surface area contributed by atoms with E-state index in [0.29, 0.717) is 22.3 Å². The van der Waals surface area contributed by atoms with Crippen LogP contribution in [0.5, 0.6) is 0 Å². The Morgan fingerprint density at radius 2 is 1.92 bits per heavy atom. The number of carbonyl (C=O) groups excluding carboxylic acids is 1. The molecule has 25 heavy (non-hydrogen) atoms. The van der Waals surface area contributed by atoms with Gasteiger partial charge in [-0.15, -0.1) is 0 Å². The van der Waals surface area contributed by atoms with Crippen molar-refractivity contribution in [2.45, 2.75) is 25.2 Å². The molecule has 2 atom stereocenters. The lowest BCUT2D eigenvalue weighted by Gasteiger charge is -2.12. The van der Waals surface area contributed by atoms with E-state index in [-0.39, 0.29) is 16.7 Å². The lowest BCUT2D eigenvalue weighted by Crippen LogP contribution is -2.17. The van der Waals surface area contributed by atoms with Crippen molar-refractivity contribution >= 4 is 38.9 Å². The second-order valence-electron chi connectivity index (χ2n) is 6.40. The van der Waals surface area contributed by atoms with Crippen LogP contribution in [0.15, 0.2) is 47.4 Å². The summed E-state index contributed by atoms with van der Waals surface area (Å²) in [7, 11) is -3.78. The molecule has 1 amide bonds. The third-order valence-corrected chi connectivity index (χ3v) is 5.91. The molecule has 0 unspecified atom stereocenters. The van der Waals surface area contributed by atoms with E-state index in [9.17, 15) is 13.2 Å². The Balaban J connectivity index is 1.83. The van der Waals surface area contributed by atoms with Crippen molar-refractivity contribution < 1.29 is 13.2 Å². The van der Waals surface area contributed by atoms with Gasteiger partial charge >= 0.3 is 0 Å². The second kappa shape index (κ2) is 6.69. The minimum Gasteiger partial charge on any atom is -0.326 e. The van der Waals surface area contributed by atoms with Gasteiger partial charge in [0.25, 0.3) is 10.0 Å². The van der Waals surface area contributed by atoms with E-state index < -0.39 is 10.0 Å². The average molecular weight is 379 g/mol. The summed E-state index contributed by atoms with van der Waals surface area (Å²) >= 11 is 5.89. The Kier molecular flexibility index (Phi) is 4.75. The molecule has 0 saturated heterocycles. The molecule has 2 aromatic carbocycles. The molecule has 1 saturated carbocycles. The van der Waals surface area contributed by atoms with Gasteiger partial charge in [0.15, 0.2) is 0 Å². The zero-order valence-electron chi connectivity index (χ0n) is 13.9. The Bertz CT molecular complexity index is 928. The number of benzene rings is 2. The molecule has 3 rings (SSSR count). The molecule has 5 nitrogen and oxygen atoms in total. The van der Waals surface area contributed by atoms with Crippen LogP contribution in [0, 0.1) is 18.8 Å². The maximum absolute atomic E-state index is 12.6. The highest BCUT2D eigenvalue weighted by molar-refractivity contribution is 7.92. The summed E-state index contributed by atoms with van der Waals surface area (Å²) < 4.78 is 27.7. The van der Waals surface area contributed by atoms with Crippen molar-refractivity contribution in [2.75, 3.05) is 10.0 Å². The summed E-state index contributed by atoms with van der Waals surface area (Å²) in [6, 6.07) is 11.2. The smallest absolute Gasteiger partial charge is 0.261 e. The molecule has 0 bridgehead atoms. The molecule has 2 N–H and O–H groups in total. The second-order valence-corrected chi connectivity index (χ2v) is 8.52. The lowest BCUT2D eigenvalue weighted by atomic mass is 10.2. The molecule has 1 aliphatic rings. The number of aryl methyl sites for hydroxylation is 1. The van der Waals surface area contributed by atoms with Crippen LogP contribution in [0.25, 0.3) is 0 Å². The van der Waals surface area contributed by atoms with Crippen molar-refractivity contribution in [3.8, 4) is 0 Å². The third kappa shape index (κ3) is 4.14. The van der Waals surface area contributed by atoms with Crippen LogP contribution >= 0.6 is 11.6 Å².